The number of benzene rings is 1. The molecule has 2 aromatic rings. The Morgan fingerprint density at radius 2 is 1.91 bits per heavy atom. The fourth-order valence-corrected chi connectivity index (χ4v) is 4.26. The highest BCUT2D eigenvalue weighted by Crippen LogP contribution is 2.18. The maximum atomic E-state index is 12.2. The minimum absolute atomic E-state index is 0.0844. The van der Waals surface area contributed by atoms with Gasteiger partial charge in [0.15, 0.2) is 0 Å². The van der Waals surface area contributed by atoms with Crippen LogP contribution < -0.4 is 4.87 Å². The highest BCUT2D eigenvalue weighted by molar-refractivity contribution is 8.13. The average molecular weight is 353 g/mol. The summed E-state index contributed by atoms with van der Waals surface area (Å²) >= 11 is 2.66. The summed E-state index contributed by atoms with van der Waals surface area (Å²) in [6.45, 7) is 6.51. The summed E-state index contributed by atoms with van der Waals surface area (Å²) < 4.78 is 2.85. The maximum absolute atomic E-state index is 12.2. The van der Waals surface area contributed by atoms with Crippen LogP contribution in [0, 0.1) is 0 Å². The summed E-state index contributed by atoms with van der Waals surface area (Å²) in [6.07, 6.45) is 2.80. The number of hydrogen-bond acceptors (Lipinski definition) is 4. The van der Waals surface area contributed by atoms with Gasteiger partial charge in [0.25, 0.3) is 5.24 Å². The summed E-state index contributed by atoms with van der Waals surface area (Å²) in [4.78, 5) is 26.2. The molecule has 0 aliphatic rings. The molecule has 0 unspecified atom stereocenters. The van der Waals surface area contributed by atoms with E-state index < -0.39 is 0 Å². The molecule has 0 spiro atoms. The van der Waals surface area contributed by atoms with Gasteiger partial charge in [0.05, 0.1) is 10.2 Å². The van der Waals surface area contributed by atoms with Gasteiger partial charge in [-0.2, -0.15) is 0 Å². The topological polar surface area (TPSA) is 42.3 Å². The van der Waals surface area contributed by atoms with E-state index >= 15 is 0 Å². The normalized spacial score (nSPS) is 11.0. The van der Waals surface area contributed by atoms with Crippen LogP contribution in [0.15, 0.2) is 29.1 Å². The van der Waals surface area contributed by atoms with Crippen LogP contribution in [-0.4, -0.2) is 33.5 Å². The van der Waals surface area contributed by atoms with E-state index in [1.165, 1.54) is 23.1 Å². The molecule has 1 aromatic carbocycles. The zero-order valence-electron chi connectivity index (χ0n) is 13.8. The van der Waals surface area contributed by atoms with Gasteiger partial charge in [-0.15, -0.1) is 0 Å². The molecule has 6 heteroatoms. The second kappa shape index (κ2) is 9.13. The Morgan fingerprint density at radius 3 is 2.61 bits per heavy atom. The number of carbonyl (C=O) groups excluding carboxylic acids is 1. The molecule has 0 saturated carbocycles. The van der Waals surface area contributed by atoms with Crippen LogP contribution in [-0.2, 0) is 6.54 Å². The molecule has 0 N–H and O–H groups in total. The summed E-state index contributed by atoms with van der Waals surface area (Å²) in [6, 6.07) is 7.86. The Kier molecular flexibility index (Phi) is 7.17. The Labute approximate surface area is 145 Å². The number of hydrogen-bond donors (Lipinski definition) is 0. The number of nitrogens with zero attached hydrogens (tertiary/aromatic N) is 2. The zero-order valence-corrected chi connectivity index (χ0v) is 15.4. The van der Waals surface area contributed by atoms with Gasteiger partial charge in [0.1, 0.15) is 0 Å². The van der Waals surface area contributed by atoms with Crippen molar-refractivity contribution in [3.63, 3.8) is 0 Å². The Morgan fingerprint density at radius 1 is 1.22 bits per heavy atom. The first kappa shape index (κ1) is 18.1. The Balaban J connectivity index is 1.86. The molecule has 0 saturated heterocycles. The van der Waals surface area contributed by atoms with Gasteiger partial charge in [-0.3, -0.25) is 14.2 Å². The second-order valence-electron chi connectivity index (χ2n) is 5.44. The Bertz CT molecular complexity index is 687. The second-order valence-corrected chi connectivity index (χ2v) is 7.48. The molecule has 1 heterocycles. The van der Waals surface area contributed by atoms with Gasteiger partial charge in [-0.1, -0.05) is 49.1 Å². The van der Waals surface area contributed by atoms with Gasteiger partial charge in [0, 0.05) is 25.4 Å². The average Bonchev–Trinajstić information content (AvgIpc) is 2.86. The van der Waals surface area contributed by atoms with Crippen molar-refractivity contribution in [3.8, 4) is 0 Å². The molecule has 4 nitrogen and oxygen atoms in total. The molecule has 0 bridgehead atoms. The zero-order chi connectivity index (χ0) is 16.7. The Hall–Kier alpha value is -1.27. The lowest BCUT2D eigenvalue weighted by Gasteiger charge is -2.20. The van der Waals surface area contributed by atoms with Crippen molar-refractivity contribution >= 4 is 38.6 Å². The molecule has 0 aliphatic carbocycles. The van der Waals surface area contributed by atoms with Crippen molar-refractivity contribution in [2.24, 2.45) is 0 Å². The molecule has 0 radical (unpaired) electrons. The lowest BCUT2D eigenvalue weighted by atomic mass is 10.3. The molecule has 0 fully saturated rings. The molecule has 2 rings (SSSR count). The van der Waals surface area contributed by atoms with Crippen LogP contribution in [0.5, 0.6) is 0 Å². The van der Waals surface area contributed by atoms with Crippen LogP contribution in [0.2, 0.25) is 0 Å². The van der Waals surface area contributed by atoms with E-state index in [4.69, 9.17) is 0 Å². The number of fused-ring (bicyclic) bond motifs is 1. The first-order chi connectivity index (χ1) is 11.2. The highest BCUT2D eigenvalue weighted by Gasteiger charge is 2.12. The van der Waals surface area contributed by atoms with E-state index in [2.05, 4.69) is 13.8 Å². The number of thioether (sulfide) groups is 1. The molecular formula is C17H24N2O2S2. The largest absolute Gasteiger partial charge is 0.334 e. The van der Waals surface area contributed by atoms with Crippen molar-refractivity contribution in [2.45, 2.75) is 39.7 Å². The van der Waals surface area contributed by atoms with Crippen LogP contribution in [0.3, 0.4) is 0 Å². The number of carbonyl (C=O) groups is 1. The summed E-state index contributed by atoms with van der Waals surface area (Å²) in [5, 5.41) is 0.163. The third-order valence-corrected chi connectivity index (χ3v) is 5.53. The highest BCUT2D eigenvalue weighted by atomic mass is 32.2. The van der Waals surface area contributed by atoms with Crippen molar-refractivity contribution < 1.29 is 4.79 Å². The first-order valence-electron chi connectivity index (χ1n) is 8.17. The van der Waals surface area contributed by atoms with E-state index in [9.17, 15) is 9.59 Å². The predicted molar refractivity (Wildman–Crippen MR) is 101 cm³/mol. The minimum Gasteiger partial charge on any atom is -0.334 e. The third kappa shape index (κ3) is 4.85. The third-order valence-electron chi connectivity index (χ3n) is 3.57. The number of para-hydroxylation sites is 1. The van der Waals surface area contributed by atoms with Crippen molar-refractivity contribution in [1.29, 1.82) is 0 Å². The number of thiazole rings is 1. The van der Waals surface area contributed by atoms with Gasteiger partial charge >= 0.3 is 4.87 Å². The number of aryl methyl sites for hydroxylation is 1. The smallest absolute Gasteiger partial charge is 0.308 e. The predicted octanol–water partition coefficient (Wildman–Crippen LogP) is 4.43. The van der Waals surface area contributed by atoms with Gasteiger partial charge in [-0.05, 0) is 31.4 Å². The van der Waals surface area contributed by atoms with E-state index in [-0.39, 0.29) is 10.1 Å². The molecule has 126 valence electrons. The number of rotatable bonds is 8. The SMILES string of the molecule is CCCN(CCC)C(=O)SCCCn1c(=O)sc2ccccc21. The monoisotopic (exact) mass is 352 g/mol. The van der Waals surface area contributed by atoms with Crippen molar-refractivity contribution in [3.05, 3.63) is 33.9 Å². The van der Waals surface area contributed by atoms with Crippen molar-refractivity contribution in [2.75, 3.05) is 18.8 Å². The summed E-state index contributed by atoms with van der Waals surface area (Å²) in [5.74, 6) is 0.749. The van der Waals surface area contributed by atoms with Gasteiger partial charge in [0.2, 0.25) is 0 Å². The summed E-state index contributed by atoms with van der Waals surface area (Å²) in [7, 11) is 0. The lowest BCUT2D eigenvalue weighted by molar-refractivity contribution is 0.223. The van der Waals surface area contributed by atoms with Crippen LogP contribution in [0.1, 0.15) is 33.1 Å². The van der Waals surface area contributed by atoms with Gasteiger partial charge in [-0.25, -0.2) is 0 Å². The molecule has 0 aliphatic heterocycles. The standard InChI is InChI=1S/C17H24N2O2S2/c1-3-10-18(11-4-2)16(20)22-13-7-12-19-14-8-5-6-9-15(14)23-17(19)21/h5-6,8-9H,3-4,7,10-13H2,1-2H3. The van der Waals surface area contributed by atoms with E-state index in [1.807, 2.05) is 33.7 Å². The maximum Gasteiger partial charge on any atom is 0.308 e. The van der Waals surface area contributed by atoms with Crippen LogP contribution >= 0.6 is 23.1 Å². The fourth-order valence-electron chi connectivity index (χ4n) is 2.53. The summed E-state index contributed by atoms with van der Waals surface area (Å²) in [5.41, 5.74) is 0.998. The molecule has 1 amide bonds. The molecule has 1 aromatic heterocycles. The van der Waals surface area contributed by atoms with Crippen LogP contribution in [0.4, 0.5) is 4.79 Å². The van der Waals surface area contributed by atoms with Gasteiger partial charge < -0.3 is 4.90 Å². The fraction of sp³-hybridized carbons (Fsp3) is 0.529. The van der Waals surface area contributed by atoms with Crippen LogP contribution in [0.25, 0.3) is 10.2 Å². The molecule has 0 atom stereocenters. The van der Waals surface area contributed by atoms with E-state index in [0.717, 1.165) is 48.3 Å². The molecule has 23 heavy (non-hydrogen) atoms. The number of amides is 1. The first-order valence-corrected chi connectivity index (χ1v) is 9.97. The quantitative estimate of drug-likeness (QED) is 0.660. The van der Waals surface area contributed by atoms with E-state index in [0.29, 0.717) is 6.54 Å². The van der Waals surface area contributed by atoms with E-state index in [1.54, 1.807) is 0 Å². The number of aromatic nitrogens is 1. The van der Waals surface area contributed by atoms with Crippen molar-refractivity contribution in [1.82, 2.24) is 9.47 Å². The minimum atomic E-state index is 0.0844. The lowest BCUT2D eigenvalue weighted by Crippen LogP contribution is -2.29. The molecular weight excluding hydrogens is 328 g/mol.